The average molecular weight is 456 g/mol. The number of thiophene rings is 1. The molecule has 0 saturated heterocycles. The van der Waals surface area contributed by atoms with Crippen LogP contribution in [0.2, 0.25) is 5.02 Å². The maximum absolute atomic E-state index is 13.3. The fourth-order valence-corrected chi connectivity index (χ4v) is 4.26. The first kappa shape index (κ1) is 21.2. The largest absolute Gasteiger partial charge is 0.323 e. The number of fused-ring (bicyclic) bond motifs is 1. The Morgan fingerprint density at radius 2 is 2.00 bits per heavy atom. The zero-order valence-electron chi connectivity index (χ0n) is 16.9. The lowest BCUT2D eigenvalue weighted by atomic mass is 10.1. The first-order valence-electron chi connectivity index (χ1n) is 9.60. The number of amides is 2. The molecule has 2 heterocycles. The van der Waals surface area contributed by atoms with Crippen LogP contribution in [-0.2, 0) is 9.59 Å². The highest BCUT2D eigenvalue weighted by molar-refractivity contribution is 7.12. The number of halogens is 2. The van der Waals surface area contributed by atoms with E-state index in [9.17, 15) is 14.0 Å². The summed E-state index contributed by atoms with van der Waals surface area (Å²) in [4.78, 5) is 33.1. The number of rotatable bonds is 4. The van der Waals surface area contributed by atoms with Crippen molar-refractivity contribution in [2.75, 3.05) is 16.8 Å². The molecule has 1 aliphatic heterocycles. The van der Waals surface area contributed by atoms with Crippen molar-refractivity contribution in [1.29, 1.82) is 0 Å². The van der Waals surface area contributed by atoms with E-state index in [0.29, 0.717) is 17.1 Å². The molecule has 0 fully saturated rings. The molecule has 31 heavy (non-hydrogen) atoms. The second kappa shape index (κ2) is 8.61. The lowest BCUT2D eigenvalue weighted by Crippen LogP contribution is -2.38. The second-order valence-electron chi connectivity index (χ2n) is 7.29. The Hall–Kier alpha value is -3.03. The monoisotopic (exact) mass is 455 g/mol. The van der Waals surface area contributed by atoms with Gasteiger partial charge in [0, 0.05) is 4.88 Å². The van der Waals surface area contributed by atoms with Gasteiger partial charge in [-0.2, -0.15) is 0 Å². The van der Waals surface area contributed by atoms with E-state index in [4.69, 9.17) is 16.6 Å². The number of aliphatic imine (C=N–C) groups is 1. The molecule has 1 N–H and O–H groups in total. The van der Waals surface area contributed by atoms with Crippen LogP contribution in [0.4, 0.5) is 21.5 Å². The third kappa shape index (κ3) is 4.52. The van der Waals surface area contributed by atoms with Crippen molar-refractivity contribution >= 4 is 57.5 Å². The zero-order valence-corrected chi connectivity index (χ0v) is 18.5. The fraction of sp³-hybridized carbons (Fsp3) is 0.174. The summed E-state index contributed by atoms with van der Waals surface area (Å²) in [5.41, 5.74) is 4.23. The highest BCUT2D eigenvalue weighted by atomic mass is 35.5. The molecule has 8 heteroatoms. The van der Waals surface area contributed by atoms with Crippen LogP contribution in [0, 0.1) is 19.7 Å². The summed E-state index contributed by atoms with van der Waals surface area (Å²) in [6.45, 7) is 3.72. The van der Waals surface area contributed by atoms with Crippen LogP contribution in [-0.4, -0.2) is 24.1 Å². The van der Waals surface area contributed by atoms with E-state index < -0.39 is 11.7 Å². The van der Waals surface area contributed by atoms with Crippen LogP contribution < -0.4 is 10.2 Å². The van der Waals surface area contributed by atoms with Gasteiger partial charge in [-0.05, 0) is 66.8 Å². The maximum Gasteiger partial charge on any atom is 0.244 e. The van der Waals surface area contributed by atoms with Crippen LogP contribution in [0.25, 0.3) is 0 Å². The molecule has 0 bridgehead atoms. The molecule has 0 aliphatic carbocycles. The molecule has 0 unspecified atom stereocenters. The van der Waals surface area contributed by atoms with Gasteiger partial charge in [-0.3, -0.25) is 9.59 Å². The summed E-state index contributed by atoms with van der Waals surface area (Å²) in [6.07, 6.45) is 0.0812. The minimum absolute atomic E-state index is 0.0812. The predicted octanol–water partition coefficient (Wildman–Crippen LogP) is 5.65. The standard InChI is InChI=1S/C23H19ClFN3O2S/c1-13-8-18-20(9-14(13)2)28(23(30)11-19(26-18)21-4-3-7-31-21)12-22(29)27-17-6-5-15(25)10-16(17)24/h3-10H,11-12H2,1-2H3,(H,27,29). The van der Waals surface area contributed by atoms with Gasteiger partial charge >= 0.3 is 0 Å². The smallest absolute Gasteiger partial charge is 0.244 e. The molecular weight excluding hydrogens is 437 g/mol. The Kier molecular flexibility index (Phi) is 5.89. The number of carbonyl (C=O) groups is 2. The summed E-state index contributed by atoms with van der Waals surface area (Å²) in [6, 6.07) is 11.4. The van der Waals surface area contributed by atoms with Gasteiger partial charge in [-0.1, -0.05) is 17.7 Å². The zero-order chi connectivity index (χ0) is 22.1. The van der Waals surface area contributed by atoms with E-state index in [1.165, 1.54) is 28.4 Å². The Labute approximate surface area is 188 Å². The van der Waals surface area contributed by atoms with Gasteiger partial charge in [0.05, 0.1) is 34.2 Å². The molecular formula is C23H19ClFN3O2S. The molecule has 0 saturated carbocycles. The van der Waals surface area contributed by atoms with Crippen molar-refractivity contribution in [3.63, 3.8) is 0 Å². The number of nitrogens with zero attached hydrogens (tertiary/aromatic N) is 2. The Balaban J connectivity index is 1.66. The molecule has 5 nitrogen and oxygen atoms in total. The maximum atomic E-state index is 13.3. The van der Waals surface area contributed by atoms with Gasteiger partial charge in [0.25, 0.3) is 0 Å². The van der Waals surface area contributed by atoms with Crippen LogP contribution in [0.15, 0.2) is 52.8 Å². The Morgan fingerprint density at radius 3 is 2.71 bits per heavy atom. The number of hydrogen-bond donors (Lipinski definition) is 1. The first-order valence-corrected chi connectivity index (χ1v) is 10.9. The minimum atomic E-state index is -0.497. The lowest BCUT2D eigenvalue weighted by molar-refractivity contribution is -0.120. The van der Waals surface area contributed by atoms with E-state index in [1.54, 1.807) is 0 Å². The number of hydrogen-bond acceptors (Lipinski definition) is 4. The minimum Gasteiger partial charge on any atom is -0.323 e. The molecule has 1 aromatic heterocycles. The number of nitrogens with one attached hydrogen (secondary N) is 1. The first-order chi connectivity index (χ1) is 14.8. The average Bonchev–Trinajstić information content (AvgIpc) is 3.21. The van der Waals surface area contributed by atoms with E-state index >= 15 is 0 Å². The molecule has 0 atom stereocenters. The van der Waals surface area contributed by atoms with Crippen LogP contribution in [0.3, 0.4) is 0 Å². The van der Waals surface area contributed by atoms with Crippen LogP contribution in [0.1, 0.15) is 22.4 Å². The molecule has 3 aromatic rings. The molecule has 4 rings (SSSR count). The van der Waals surface area contributed by atoms with Crippen molar-refractivity contribution in [3.05, 3.63) is 74.7 Å². The third-order valence-electron chi connectivity index (χ3n) is 5.07. The van der Waals surface area contributed by atoms with E-state index in [-0.39, 0.29) is 29.6 Å². The van der Waals surface area contributed by atoms with Crippen molar-refractivity contribution in [1.82, 2.24) is 0 Å². The Bertz CT molecular complexity index is 1210. The molecule has 0 radical (unpaired) electrons. The highest BCUT2D eigenvalue weighted by Gasteiger charge is 2.28. The van der Waals surface area contributed by atoms with Gasteiger partial charge < -0.3 is 10.2 Å². The summed E-state index contributed by atoms with van der Waals surface area (Å²) in [7, 11) is 0. The summed E-state index contributed by atoms with van der Waals surface area (Å²) in [5, 5.41) is 4.68. The van der Waals surface area contributed by atoms with E-state index in [1.807, 2.05) is 43.5 Å². The summed E-state index contributed by atoms with van der Waals surface area (Å²) >= 11 is 7.53. The summed E-state index contributed by atoms with van der Waals surface area (Å²) in [5.74, 6) is -1.16. The molecule has 0 spiro atoms. The van der Waals surface area contributed by atoms with E-state index in [2.05, 4.69) is 5.32 Å². The molecule has 2 amide bonds. The number of carbonyl (C=O) groups excluding carboxylic acids is 2. The van der Waals surface area contributed by atoms with Gasteiger partial charge in [0.2, 0.25) is 11.8 Å². The quantitative estimate of drug-likeness (QED) is 0.552. The van der Waals surface area contributed by atoms with Gasteiger partial charge in [-0.25, -0.2) is 9.38 Å². The van der Waals surface area contributed by atoms with Crippen molar-refractivity contribution in [3.8, 4) is 0 Å². The number of aryl methyl sites for hydroxylation is 2. The molecule has 2 aromatic carbocycles. The molecule has 158 valence electrons. The van der Waals surface area contributed by atoms with Crippen molar-refractivity contribution < 1.29 is 14.0 Å². The number of anilines is 2. The fourth-order valence-electron chi connectivity index (χ4n) is 3.33. The van der Waals surface area contributed by atoms with Gasteiger partial charge in [0.15, 0.2) is 0 Å². The second-order valence-corrected chi connectivity index (χ2v) is 8.64. The van der Waals surface area contributed by atoms with Crippen LogP contribution >= 0.6 is 22.9 Å². The normalized spacial score (nSPS) is 13.5. The van der Waals surface area contributed by atoms with Crippen molar-refractivity contribution in [2.24, 2.45) is 4.99 Å². The highest BCUT2D eigenvalue weighted by Crippen LogP contribution is 2.36. The van der Waals surface area contributed by atoms with Gasteiger partial charge in [0.1, 0.15) is 12.4 Å². The number of benzene rings is 2. The van der Waals surface area contributed by atoms with Crippen LogP contribution in [0.5, 0.6) is 0 Å². The SMILES string of the molecule is Cc1cc2c(cc1C)N(CC(=O)Nc1ccc(F)cc1Cl)C(=O)CC(c1cccs1)=N2. The van der Waals surface area contributed by atoms with E-state index in [0.717, 1.165) is 22.1 Å². The molecule has 1 aliphatic rings. The summed E-state index contributed by atoms with van der Waals surface area (Å²) < 4.78 is 13.3. The lowest BCUT2D eigenvalue weighted by Gasteiger charge is -2.23. The topological polar surface area (TPSA) is 61.8 Å². The predicted molar refractivity (Wildman–Crippen MR) is 123 cm³/mol. The van der Waals surface area contributed by atoms with Crippen molar-refractivity contribution in [2.45, 2.75) is 20.3 Å². The Morgan fingerprint density at radius 1 is 1.23 bits per heavy atom. The third-order valence-corrected chi connectivity index (χ3v) is 6.30. The van der Waals surface area contributed by atoms with Gasteiger partial charge in [-0.15, -0.1) is 11.3 Å².